The van der Waals surface area contributed by atoms with Gasteiger partial charge in [0, 0.05) is 5.56 Å². The summed E-state index contributed by atoms with van der Waals surface area (Å²) in [5.41, 5.74) is 0.505. The van der Waals surface area contributed by atoms with Gasteiger partial charge in [0.25, 0.3) is 0 Å². The summed E-state index contributed by atoms with van der Waals surface area (Å²) in [6.07, 6.45) is 2.11. The molecular weight excluding hydrogens is 256 g/mol. The van der Waals surface area contributed by atoms with E-state index < -0.39 is 12.1 Å². The lowest BCUT2D eigenvalue weighted by atomic mass is 10.1. The van der Waals surface area contributed by atoms with Crippen molar-refractivity contribution in [3.8, 4) is 5.75 Å². The first-order valence-corrected chi connectivity index (χ1v) is 6.56. The molecule has 0 saturated carbocycles. The van der Waals surface area contributed by atoms with Crippen LogP contribution in [0.15, 0.2) is 36.9 Å². The van der Waals surface area contributed by atoms with Crippen LogP contribution in [0.2, 0.25) is 0 Å². The SMILES string of the molecule is C=CCOC(=O)[C@@H](CC(C)C)Oc1cccc(C=O)c1. The van der Waals surface area contributed by atoms with Crippen LogP contribution in [0.3, 0.4) is 0 Å². The van der Waals surface area contributed by atoms with Crippen LogP contribution in [0, 0.1) is 5.92 Å². The van der Waals surface area contributed by atoms with Crippen molar-refractivity contribution in [1.82, 2.24) is 0 Å². The predicted octanol–water partition coefficient (Wildman–Crippen LogP) is 3.02. The predicted molar refractivity (Wildman–Crippen MR) is 76.9 cm³/mol. The summed E-state index contributed by atoms with van der Waals surface area (Å²) in [4.78, 5) is 22.7. The van der Waals surface area contributed by atoms with Crippen molar-refractivity contribution >= 4 is 12.3 Å². The number of rotatable bonds is 8. The molecule has 4 nitrogen and oxygen atoms in total. The molecule has 0 aliphatic rings. The zero-order valence-corrected chi connectivity index (χ0v) is 11.9. The monoisotopic (exact) mass is 276 g/mol. The topological polar surface area (TPSA) is 52.6 Å². The van der Waals surface area contributed by atoms with Crippen LogP contribution in [0.1, 0.15) is 30.6 Å². The standard InChI is InChI=1S/C16H20O4/c1-4-8-19-16(18)15(9-12(2)3)20-14-7-5-6-13(10-14)11-17/h4-7,10-12,15H,1,8-9H2,2-3H3/t15-/m1/s1. The highest BCUT2D eigenvalue weighted by Gasteiger charge is 2.23. The molecule has 0 amide bonds. The second-order valence-electron chi connectivity index (χ2n) is 4.85. The highest BCUT2D eigenvalue weighted by atomic mass is 16.6. The minimum atomic E-state index is -0.683. The third-order valence-electron chi connectivity index (χ3n) is 2.56. The minimum absolute atomic E-state index is 0.158. The fraction of sp³-hybridized carbons (Fsp3) is 0.375. The van der Waals surface area contributed by atoms with Crippen LogP contribution in [0.25, 0.3) is 0 Å². The average molecular weight is 276 g/mol. The number of benzene rings is 1. The Kier molecular flexibility index (Phi) is 6.50. The van der Waals surface area contributed by atoms with E-state index in [1.54, 1.807) is 24.3 Å². The Balaban J connectivity index is 2.79. The van der Waals surface area contributed by atoms with E-state index in [-0.39, 0.29) is 12.5 Å². The molecular formula is C16H20O4. The molecule has 0 saturated heterocycles. The average Bonchev–Trinajstić information content (AvgIpc) is 2.43. The third-order valence-corrected chi connectivity index (χ3v) is 2.56. The van der Waals surface area contributed by atoms with Gasteiger partial charge >= 0.3 is 5.97 Å². The van der Waals surface area contributed by atoms with E-state index in [1.807, 2.05) is 13.8 Å². The molecule has 0 fully saturated rings. The summed E-state index contributed by atoms with van der Waals surface area (Å²) < 4.78 is 10.7. The summed E-state index contributed by atoms with van der Waals surface area (Å²) in [5.74, 6) is 0.344. The molecule has 1 atom stereocenters. The lowest BCUT2D eigenvalue weighted by Crippen LogP contribution is -2.31. The van der Waals surface area contributed by atoms with E-state index in [4.69, 9.17) is 9.47 Å². The number of esters is 1. The number of aldehydes is 1. The molecule has 1 rings (SSSR count). The van der Waals surface area contributed by atoms with Crippen LogP contribution in [-0.4, -0.2) is 25.0 Å². The van der Waals surface area contributed by atoms with Crippen LogP contribution < -0.4 is 4.74 Å². The Morgan fingerprint density at radius 2 is 2.15 bits per heavy atom. The van der Waals surface area contributed by atoms with E-state index in [2.05, 4.69) is 6.58 Å². The fourth-order valence-corrected chi connectivity index (χ4v) is 1.68. The largest absolute Gasteiger partial charge is 0.479 e. The smallest absolute Gasteiger partial charge is 0.347 e. The van der Waals surface area contributed by atoms with Crippen molar-refractivity contribution < 1.29 is 19.1 Å². The molecule has 4 heteroatoms. The molecule has 0 aliphatic heterocycles. The quantitative estimate of drug-likeness (QED) is 0.416. The molecule has 1 aromatic carbocycles. The zero-order valence-electron chi connectivity index (χ0n) is 11.9. The lowest BCUT2D eigenvalue weighted by molar-refractivity contribution is -0.151. The van der Waals surface area contributed by atoms with E-state index in [0.29, 0.717) is 17.7 Å². The lowest BCUT2D eigenvalue weighted by Gasteiger charge is -2.19. The number of ether oxygens (including phenoxy) is 2. The molecule has 1 aromatic rings. The maximum absolute atomic E-state index is 11.9. The van der Waals surface area contributed by atoms with Crippen molar-refractivity contribution in [2.75, 3.05) is 6.61 Å². The minimum Gasteiger partial charge on any atom is -0.479 e. The Bertz CT molecular complexity index is 465. The van der Waals surface area contributed by atoms with E-state index >= 15 is 0 Å². The van der Waals surface area contributed by atoms with Crippen LogP contribution in [0.5, 0.6) is 5.75 Å². The molecule has 20 heavy (non-hydrogen) atoms. The number of carbonyl (C=O) groups is 2. The van der Waals surface area contributed by atoms with Gasteiger partial charge in [-0.3, -0.25) is 4.79 Å². The van der Waals surface area contributed by atoms with Gasteiger partial charge in [-0.2, -0.15) is 0 Å². The Morgan fingerprint density at radius 1 is 1.40 bits per heavy atom. The highest BCUT2D eigenvalue weighted by molar-refractivity contribution is 5.76. The Morgan fingerprint density at radius 3 is 2.75 bits per heavy atom. The van der Waals surface area contributed by atoms with Gasteiger partial charge in [0.15, 0.2) is 6.10 Å². The van der Waals surface area contributed by atoms with Crippen molar-refractivity contribution in [3.05, 3.63) is 42.5 Å². The van der Waals surface area contributed by atoms with Crippen LogP contribution >= 0.6 is 0 Å². The molecule has 0 aromatic heterocycles. The zero-order chi connectivity index (χ0) is 15.0. The molecule has 0 N–H and O–H groups in total. The summed E-state index contributed by atoms with van der Waals surface area (Å²) >= 11 is 0. The van der Waals surface area contributed by atoms with Crippen molar-refractivity contribution in [3.63, 3.8) is 0 Å². The van der Waals surface area contributed by atoms with Gasteiger partial charge in [0.2, 0.25) is 0 Å². The second kappa shape index (κ2) is 8.15. The van der Waals surface area contributed by atoms with Gasteiger partial charge in [-0.25, -0.2) is 4.79 Å². The maximum atomic E-state index is 11.9. The first kappa shape index (κ1) is 16.0. The summed E-state index contributed by atoms with van der Waals surface area (Å²) in [5, 5.41) is 0. The molecule has 0 radical (unpaired) electrons. The number of hydrogen-bond donors (Lipinski definition) is 0. The molecule has 108 valence electrons. The van der Waals surface area contributed by atoms with Crippen molar-refractivity contribution in [1.29, 1.82) is 0 Å². The fourth-order valence-electron chi connectivity index (χ4n) is 1.68. The first-order valence-electron chi connectivity index (χ1n) is 6.56. The van der Waals surface area contributed by atoms with Crippen LogP contribution in [-0.2, 0) is 9.53 Å². The van der Waals surface area contributed by atoms with E-state index in [0.717, 1.165) is 6.29 Å². The van der Waals surface area contributed by atoms with E-state index in [9.17, 15) is 9.59 Å². The first-order chi connectivity index (χ1) is 9.56. The maximum Gasteiger partial charge on any atom is 0.347 e. The summed E-state index contributed by atoms with van der Waals surface area (Å²) in [7, 11) is 0. The van der Waals surface area contributed by atoms with Gasteiger partial charge in [-0.15, -0.1) is 0 Å². The summed E-state index contributed by atoms with van der Waals surface area (Å²) in [6, 6.07) is 6.69. The number of carbonyl (C=O) groups excluding carboxylic acids is 2. The van der Waals surface area contributed by atoms with Gasteiger partial charge < -0.3 is 9.47 Å². The van der Waals surface area contributed by atoms with Crippen LogP contribution in [0.4, 0.5) is 0 Å². The second-order valence-corrected chi connectivity index (χ2v) is 4.85. The number of hydrogen-bond acceptors (Lipinski definition) is 4. The normalized spacial score (nSPS) is 11.8. The molecule has 0 unspecified atom stereocenters. The molecule has 0 aliphatic carbocycles. The highest BCUT2D eigenvalue weighted by Crippen LogP contribution is 2.18. The third kappa shape index (κ3) is 5.26. The molecule has 0 spiro atoms. The van der Waals surface area contributed by atoms with Crippen molar-refractivity contribution in [2.45, 2.75) is 26.4 Å². The van der Waals surface area contributed by atoms with E-state index in [1.165, 1.54) is 6.08 Å². The Labute approximate surface area is 119 Å². The summed E-state index contributed by atoms with van der Waals surface area (Å²) in [6.45, 7) is 7.66. The van der Waals surface area contributed by atoms with Gasteiger partial charge in [0.05, 0.1) is 0 Å². The van der Waals surface area contributed by atoms with Gasteiger partial charge in [-0.05, 0) is 24.5 Å². The van der Waals surface area contributed by atoms with Crippen molar-refractivity contribution in [2.24, 2.45) is 5.92 Å². The van der Waals surface area contributed by atoms with Gasteiger partial charge in [0.1, 0.15) is 18.6 Å². The van der Waals surface area contributed by atoms with Gasteiger partial charge in [-0.1, -0.05) is 38.6 Å². The Hall–Kier alpha value is -2.10. The molecule has 0 heterocycles. The molecule has 0 bridgehead atoms.